The minimum Gasteiger partial charge on any atom is -0.391 e. The fourth-order valence-corrected chi connectivity index (χ4v) is 2.68. The van der Waals surface area contributed by atoms with E-state index in [0.717, 1.165) is 0 Å². The molecule has 1 atom stereocenters. The number of aliphatic hydroxyl groups excluding tert-OH is 1. The summed E-state index contributed by atoms with van der Waals surface area (Å²) in [5, 5.41) is 9.21. The number of aliphatic hydroxyl groups is 1. The first-order chi connectivity index (χ1) is 4.38. The molecule has 0 aromatic heterocycles. The van der Waals surface area contributed by atoms with Gasteiger partial charge in [0.05, 0.1) is 16.6 Å². The Morgan fingerprint density at radius 1 is 1.50 bits per heavy atom. The van der Waals surface area contributed by atoms with Gasteiger partial charge in [0.1, 0.15) is 0 Å². The number of rotatable bonds is 0. The van der Waals surface area contributed by atoms with Crippen LogP contribution >= 0.6 is 0 Å². The lowest BCUT2D eigenvalue weighted by Gasteiger charge is -2.20. The Morgan fingerprint density at radius 3 is 2.10 bits per heavy atom. The van der Waals surface area contributed by atoms with Gasteiger partial charge in [-0.05, 0) is 20.3 Å². The molecule has 1 unspecified atom stereocenters. The summed E-state index contributed by atoms with van der Waals surface area (Å²) in [7, 11) is -3.02. The topological polar surface area (TPSA) is 54.4 Å². The molecule has 1 aliphatic rings. The van der Waals surface area contributed by atoms with Crippen molar-refractivity contribution < 1.29 is 13.5 Å². The lowest BCUT2D eigenvalue weighted by molar-refractivity contribution is 0.146. The molecule has 1 aliphatic heterocycles. The molecule has 0 spiro atoms. The summed E-state index contributed by atoms with van der Waals surface area (Å²) < 4.78 is 21.3. The predicted octanol–water partition coefficient (Wildman–Crippen LogP) is -0.0556. The van der Waals surface area contributed by atoms with Crippen molar-refractivity contribution in [3.63, 3.8) is 0 Å². The van der Waals surface area contributed by atoms with E-state index in [2.05, 4.69) is 0 Å². The van der Waals surface area contributed by atoms with Crippen molar-refractivity contribution in [2.45, 2.75) is 31.1 Å². The monoisotopic (exact) mass is 164 g/mol. The maximum absolute atomic E-state index is 11.1. The molecule has 60 valence electrons. The normalized spacial score (nSPS) is 36.1. The maximum atomic E-state index is 11.1. The van der Waals surface area contributed by atoms with Crippen LogP contribution in [-0.4, -0.2) is 30.1 Å². The van der Waals surface area contributed by atoms with Gasteiger partial charge >= 0.3 is 0 Å². The Hall–Kier alpha value is -0.0900. The summed E-state index contributed by atoms with van der Waals surface area (Å²) in [6.45, 7) is 3.14. The third kappa shape index (κ3) is 0.864. The molecule has 10 heavy (non-hydrogen) atoms. The number of sulfone groups is 1. The molecule has 0 bridgehead atoms. The van der Waals surface area contributed by atoms with Gasteiger partial charge in [-0.1, -0.05) is 0 Å². The predicted molar refractivity (Wildman–Crippen MR) is 38.5 cm³/mol. The van der Waals surface area contributed by atoms with E-state index in [1.165, 1.54) is 0 Å². The summed E-state index contributed by atoms with van der Waals surface area (Å²) in [6, 6.07) is 0. The molecule has 3 nitrogen and oxygen atoms in total. The highest BCUT2D eigenvalue weighted by atomic mass is 32.2. The van der Waals surface area contributed by atoms with E-state index in [4.69, 9.17) is 0 Å². The van der Waals surface area contributed by atoms with Crippen molar-refractivity contribution in [1.29, 1.82) is 0 Å². The van der Waals surface area contributed by atoms with Crippen molar-refractivity contribution in [2.75, 3.05) is 5.75 Å². The van der Waals surface area contributed by atoms with Gasteiger partial charge in [-0.25, -0.2) is 8.42 Å². The second-order valence-corrected chi connectivity index (χ2v) is 5.92. The van der Waals surface area contributed by atoms with Crippen molar-refractivity contribution in [1.82, 2.24) is 0 Å². The molecule has 0 aromatic carbocycles. The molecule has 0 saturated carbocycles. The summed E-state index contributed by atoms with van der Waals surface area (Å²) in [4.78, 5) is 0. The Balaban J connectivity index is 3.08. The Morgan fingerprint density at radius 2 is 2.00 bits per heavy atom. The summed E-state index contributed by atoms with van der Waals surface area (Å²) in [5.74, 6) is 0.126. The fraction of sp³-hybridized carbons (Fsp3) is 1.00. The highest BCUT2D eigenvalue weighted by Crippen LogP contribution is 2.31. The van der Waals surface area contributed by atoms with E-state index in [9.17, 15) is 13.5 Å². The smallest absolute Gasteiger partial charge is 0.158 e. The first-order valence-corrected chi connectivity index (χ1v) is 4.93. The fourth-order valence-electron chi connectivity index (χ4n) is 1.08. The Bertz CT molecular complexity index is 227. The van der Waals surface area contributed by atoms with Crippen LogP contribution in [0.2, 0.25) is 0 Å². The zero-order chi connectivity index (χ0) is 7.99. The molecule has 1 heterocycles. The zero-order valence-corrected chi connectivity index (χ0v) is 6.98. The van der Waals surface area contributed by atoms with Crippen molar-refractivity contribution in [3.05, 3.63) is 0 Å². The molecule has 1 fully saturated rings. The van der Waals surface area contributed by atoms with Crippen LogP contribution in [0.15, 0.2) is 0 Å². The van der Waals surface area contributed by atoms with Crippen molar-refractivity contribution >= 4 is 9.84 Å². The Labute approximate surface area is 61.0 Å². The van der Waals surface area contributed by atoms with Gasteiger partial charge in [0.25, 0.3) is 0 Å². The van der Waals surface area contributed by atoms with Crippen LogP contribution in [-0.2, 0) is 9.84 Å². The largest absolute Gasteiger partial charge is 0.391 e. The van der Waals surface area contributed by atoms with E-state index in [-0.39, 0.29) is 5.75 Å². The van der Waals surface area contributed by atoms with Gasteiger partial charge in [0.2, 0.25) is 0 Å². The second kappa shape index (κ2) is 1.95. The highest BCUT2D eigenvalue weighted by molar-refractivity contribution is 7.93. The molecular formula is C6H12O3S. The Kier molecular flexibility index (Phi) is 1.56. The van der Waals surface area contributed by atoms with Crippen LogP contribution in [0.25, 0.3) is 0 Å². The minimum absolute atomic E-state index is 0.126. The quantitative estimate of drug-likeness (QED) is 0.546. The average Bonchev–Trinajstić information content (AvgIpc) is 1.94. The summed E-state index contributed by atoms with van der Waals surface area (Å²) in [6.07, 6.45) is -0.299. The van der Waals surface area contributed by atoms with Gasteiger partial charge in [0, 0.05) is 0 Å². The molecule has 0 radical (unpaired) electrons. The molecule has 0 aliphatic carbocycles. The summed E-state index contributed by atoms with van der Waals surface area (Å²) >= 11 is 0. The minimum atomic E-state index is -3.02. The van der Waals surface area contributed by atoms with Gasteiger partial charge in [-0.2, -0.15) is 0 Å². The third-order valence-corrected chi connectivity index (χ3v) is 4.91. The zero-order valence-electron chi connectivity index (χ0n) is 6.16. The first kappa shape index (κ1) is 8.01. The van der Waals surface area contributed by atoms with Crippen molar-refractivity contribution in [3.8, 4) is 0 Å². The molecular weight excluding hydrogens is 152 g/mol. The SMILES string of the molecule is CC1(C)C(O)CCS1(=O)=O. The second-order valence-electron chi connectivity index (χ2n) is 3.23. The van der Waals surface area contributed by atoms with Crippen LogP contribution in [0.3, 0.4) is 0 Å². The van der Waals surface area contributed by atoms with E-state index < -0.39 is 20.7 Å². The standard InChI is InChI=1S/C6H12O3S/c1-6(2)5(7)3-4-10(6,8)9/h5,7H,3-4H2,1-2H3. The maximum Gasteiger partial charge on any atom is 0.158 e. The van der Waals surface area contributed by atoms with Crippen LogP contribution in [0.5, 0.6) is 0 Å². The molecule has 1 rings (SSSR count). The molecule has 0 aromatic rings. The van der Waals surface area contributed by atoms with E-state index in [0.29, 0.717) is 6.42 Å². The van der Waals surface area contributed by atoms with Gasteiger partial charge < -0.3 is 5.11 Å². The van der Waals surface area contributed by atoms with Crippen LogP contribution < -0.4 is 0 Å². The molecule has 1 saturated heterocycles. The van der Waals surface area contributed by atoms with Gasteiger partial charge in [-0.15, -0.1) is 0 Å². The van der Waals surface area contributed by atoms with Crippen LogP contribution in [0, 0.1) is 0 Å². The van der Waals surface area contributed by atoms with Crippen LogP contribution in [0.4, 0.5) is 0 Å². The molecule has 0 amide bonds. The van der Waals surface area contributed by atoms with Crippen LogP contribution in [0.1, 0.15) is 20.3 Å². The van der Waals surface area contributed by atoms with E-state index >= 15 is 0 Å². The lowest BCUT2D eigenvalue weighted by Crippen LogP contribution is -2.36. The van der Waals surface area contributed by atoms with Gasteiger partial charge in [0.15, 0.2) is 9.84 Å². The number of hydrogen-bond donors (Lipinski definition) is 1. The summed E-state index contributed by atoms with van der Waals surface area (Å²) in [5.41, 5.74) is 0. The third-order valence-electron chi connectivity index (χ3n) is 2.26. The molecule has 1 N–H and O–H groups in total. The van der Waals surface area contributed by atoms with E-state index in [1.807, 2.05) is 0 Å². The van der Waals surface area contributed by atoms with Crippen molar-refractivity contribution in [2.24, 2.45) is 0 Å². The van der Waals surface area contributed by atoms with Gasteiger partial charge in [-0.3, -0.25) is 0 Å². The average molecular weight is 164 g/mol. The van der Waals surface area contributed by atoms with E-state index in [1.54, 1.807) is 13.8 Å². The number of hydrogen-bond acceptors (Lipinski definition) is 3. The molecule has 4 heteroatoms. The highest BCUT2D eigenvalue weighted by Gasteiger charge is 2.46. The first-order valence-electron chi connectivity index (χ1n) is 3.28. The lowest BCUT2D eigenvalue weighted by atomic mass is 10.1.